The van der Waals surface area contributed by atoms with Crippen molar-refractivity contribution in [3.8, 4) is 0 Å². The van der Waals surface area contributed by atoms with Gasteiger partial charge in [0.2, 0.25) is 0 Å². The monoisotopic (exact) mass is 596 g/mol. The number of hydrogen-bond donors (Lipinski definition) is 2. The molecule has 8 nitrogen and oxygen atoms in total. The van der Waals surface area contributed by atoms with Crippen LogP contribution in [0.4, 0.5) is 5.69 Å². The molecule has 230 valence electrons. The van der Waals surface area contributed by atoms with Crippen LogP contribution in [-0.2, 0) is 30.4 Å². The van der Waals surface area contributed by atoms with E-state index < -0.39 is 24.3 Å². The van der Waals surface area contributed by atoms with Crippen molar-refractivity contribution in [1.29, 1.82) is 0 Å². The first kappa shape index (κ1) is 31.3. The zero-order valence-corrected chi connectivity index (χ0v) is 25.6. The maximum absolute atomic E-state index is 12.4. The van der Waals surface area contributed by atoms with Crippen molar-refractivity contribution in [2.45, 2.75) is 64.4 Å². The van der Waals surface area contributed by atoms with Gasteiger partial charge in [-0.1, -0.05) is 72.8 Å². The van der Waals surface area contributed by atoms with Crippen LogP contribution in [0.3, 0.4) is 0 Å². The molecule has 0 aromatic heterocycles. The van der Waals surface area contributed by atoms with Crippen molar-refractivity contribution >= 4 is 28.3 Å². The number of hydrogen-bond acceptors (Lipinski definition) is 7. The lowest BCUT2D eigenvalue weighted by molar-refractivity contribution is -0.253. The largest absolute Gasteiger partial charge is 0.453 e. The minimum Gasteiger partial charge on any atom is -0.453 e. The quantitative estimate of drug-likeness (QED) is 0.203. The number of esters is 1. The molecule has 44 heavy (non-hydrogen) atoms. The third-order valence-electron chi connectivity index (χ3n) is 8.19. The van der Waals surface area contributed by atoms with E-state index in [2.05, 4.69) is 66.7 Å². The van der Waals surface area contributed by atoms with Gasteiger partial charge in [0, 0.05) is 37.2 Å². The van der Waals surface area contributed by atoms with Gasteiger partial charge in [-0.05, 0) is 66.6 Å². The van der Waals surface area contributed by atoms with Crippen molar-refractivity contribution in [1.82, 2.24) is 4.90 Å². The summed E-state index contributed by atoms with van der Waals surface area (Å²) in [7, 11) is 2.12. The third-order valence-corrected chi connectivity index (χ3v) is 8.19. The van der Waals surface area contributed by atoms with Crippen molar-refractivity contribution in [3.05, 3.63) is 113 Å². The number of anilines is 1. The smallest absolute Gasteiger partial charge is 0.303 e. The number of likely N-dealkylation sites (N-methyl/N-ethyl adjacent to an activating group) is 1. The molecule has 0 aliphatic carbocycles. The summed E-state index contributed by atoms with van der Waals surface area (Å²) in [6, 6.07) is 30.3. The molecule has 1 aliphatic rings. The third kappa shape index (κ3) is 7.70. The van der Waals surface area contributed by atoms with Gasteiger partial charge in [0.25, 0.3) is 5.91 Å². The van der Waals surface area contributed by atoms with Crippen LogP contribution in [0.25, 0.3) is 10.8 Å². The van der Waals surface area contributed by atoms with Gasteiger partial charge in [-0.25, -0.2) is 0 Å². The number of aliphatic hydroxyl groups excluding tert-OH is 1. The summed E-state index contributed by atoms with van der Waals surface area (Å²) in [5.41, 5.74) is 4.51. The van der Waals surface area contributed by atoms with Gasteiger partial charge >= 0.3 is 5.97 Å². The van der Waals surface area contributed by atoms with Gasteiger partial charge in [-0.15, -0.1) is 0 Å². The SMILES string of the molecule is CC(=O)O[C@@H](C)C(=O)Nc1ccc([C@@H]2O[C@H](CN(C)[C@H](C)c3ccc4ccccc4c3)C[C@H](c3ccc(CO)cc3)O2)cc1. The zero-order chi connectivity index (χ0) is 31.2. The van der Waals surface area contributed by atoms with Gasteiger partial charge < -0.3 is 24.6 Å². The predicted octanol–water partition coefficient (Wildman–Crippen LogP) is 6.46. The zero-order valence-electron chi connectivity index (χ0n) is 25.6. The molecule has 2 N–H and O–H groups in total. The van der Waals surface area contributed by atoms with E-state index in [1.165, 1.54) is 30.2 Å². The molecule has 8 heteroatoms. The minimum absolute atomic E-state index is 0.0137. The fraction of sp³-hybridized carbons (Fsp3) is 0.333. The van der Waals surface area contributed by atoms with E-state index in [1.54, 1.807) is 12.1 Å². The number of fused-ring (bicyclic) bond motifs is 1. The summed E-state index contributed by atoms with van der Waals surface area (Å²) in [6.45, 7) is 5.69. The molecule has 1 amide bonds. The number of aliphatic hydroxyl groups is 1. The number of benzene rings is 4. The molecule has 1 saturated heterocycles. The number of rotatable bonds is 10. The Morgan fingerprint density at radius 2 is 1.61 bits per heavy atom. The summed E-state index contributed by atoms with van der Waals surface area (Å²) in [4.78, 5) is 25.9. The molecule has 0 bridgehead atoms. The summed E-state index contributed by atoms with van der Waals surface area (Å²) < 4.78 is 18.0. The molecule has 4 aromatic rings. The molecule has 1 heterocycles. The Kier molecular flexibility index (Phi) is 10.1. The molecule has 1 aliphatic heterocycles. The van der Waals surface area contributed by atoms with Crippen LogP contribution in [-0.4, -0.2) is 47.7 Å². The van der Waals surface area contributed by atoms with Crippen molar-refractivity contribution in [3.63, 3.8) is 0 Å². The Hall–Kier alpha value is -4.08. The molecule has 0 spiro atoms. The first-order valence-corrected chi connectivity index (χ1v) is 15.0. The highest BCUT2D eigenvalue weighted by atomic mass is 16.7. The fourth-order valence-electron chi connectivity index (χ4n) is 5.50. The summed E-state index contributed by atoms with van der Waals surface area (Å²) in [6.07, 6.45) is -1.17. The van der Waals surface area contributed by atoms with Crippen LogP contribution in [0.1, 0.15) is 67.9 Å². The Morgan fingerprint density at radius 3 is 2.30 bits per heavy atom. The second kappa shape index (κ2) is 14.1. The predicted molar refractivity (Wildman–Crippen MR) is 170 cm³/mol. The lowest BCUT2D eigenvalue weighted by Crippen LogP contribution is -2.38. The first-order valence-electron chi connectivity index (χ1n) is 15.0. The maximum Gasteiger partial charge on any atom is 0.303 e. The van der Waals surface area contributed by atoms with Gasteiger partial charge in [-0.3, -0.25) is 14.5 Å². The Labute approximate surface area is 258 Å². The molecule has 0 unspecified atom stereocenters. The highest BCUT2D eigenvalue weighted by molar-refractivity contribution is 5.94. The van der Waals surface area contributed by atoms with E-state index >= 15 is 0 Å². The average molecular weight is 597 g/mol. The normalized spacial score (nSPS) is 19.8. The standard InChI is InChI=1S/C36H40N2O6/c1-23(30-14-13-27-7-5-6-8-31(27)19-30)38(4)21-33-20-34(28-11-9-26(22-39)10-12-28)44-36(43-33)29-15-17-32(18-16-29)37-35(41)24(2)42-25(3)40/h5-19,23-24,33-34,36,39H,20-22H2,1-4H3,(H,37,41)/t23-,24+,33+,34-,36-/m1/s1. The minimum atomic E-state index is -0.898. The van der Waals surface area contributed by atoms with E-state index in [1.807, 2.05) is 36.4 Å². The number of carbonyl (C=O) groups excluding carboxylic acids is 2. The van der Waals surface area contributed by atoms with E-state index in [0.717, 1.165) is 16.7 Å². The van der Waals surface area contributed by atoms with Gasteiger partial charge in [0.05, 0.1) is 18.8 Å². The van der Waals surface area contributed by atoms with Crippen LogP contribution < -0.4 is 5.32 Å². The van der Waals surface area contributed by atoms with Crippen molar-refractivity contribution in [2.24, 2.45) is 0 Å². The molecule has 5 rings (SSSR count). The van der Waals surface area contributed by atoms with Crippen LogP contribution in [0.2, 0.25) is 0 Å². The Morgan fingerprint density at radius 1 is 0.932 bits per heavy atom. The molecular formula is C36H40N2O6. The summed E-state index contributed by atoms with van der Waals surface area (Å²) >= 11 is 0. The van der Waals surface area contributed by atoms with Crippen LogP contribution in [0.5, 0.6) is 0 Å². The van der Waals surface area contributed by atoms with Gasteiger partial charge in [0.1, 0.15) is 0 Å². The van der Waals surface area contributed by atoms with Crippen LogP contribution in [0, 0.1) is 0 Å². The topological polar surface area (TPSA) is 97.3 Å². The van der Waals surface area contributed by atoms with E-state index in [4.69, 9.17) is 14.2 Å². The lowest BCUT2D eigenvalue weighted by atomic mass is 9.98. The Balaban J connectivity index is 1.32. The molecule has 0 radical (unpaired) electrons. The van der Waals surface area contributed by atoms with Crippen LogP contribution >= 0.6 is 0 Å². The fourth-order valence-corrected chi connectivity index (χ4v) is 5.50. The molecule has 0 saturated carbocycles. The highest BCUT2D eigenvalue weighted by Crippen LogP contribution is 2.39. The van der Waals surface area contributed by atoms with Crippen molar-refractivity contribution < 1.29 is 28.9 Å². The van der Waals surface area contributed by atoms with Gasteiger partial charge in [0.15, 0.2) is 12.4 Å². The van der Waals surface area contributed by atoms with E-state index in [9.17, 15) is 14.7 Å². The number of carbonyl (C=O) groups is 2. The number of ether oxygens (including phenoxy) is 3. The number of amides is 1. The van der Waals surface area contributed by atoms with Crippen LogP contribution in [0.15, 0.2) is 91.0 Å². The number of nitrogens with zero attached hydrogens (tertiary/aromatic N) is 1. The van der Waals surface area contributed by atoms with E-state index in [-0.39, 0.29) is 24.9 Å². The van der Waals surface area contributed by atoms with Crippen molar-refractivity contribution in [2.75, 3.05) is 18.9 Å². The lowest BCUT2D eigenvalue weighted by Gasteiger charge is -2.39. The highest BCUT2D eigenvalue weighted by Gasteiger charge is 2.33. The first-order chi connectivity index (χ1) is 21.2. The molecular weight excluding hydrogens is 556 g/mol. The Bertz CT molecular complexity index is 1570. The second-order valence-electron chi connectivity index (χ2n) is 11.4. The molecule has 1 fully saturated rings. The van der Waals surface area contributed by atoms with Gasteiger partial charge in [-0.2, -0.15) is 0 Å². The average Bonchev–Trinajstić information content (AvgIpc) is 3.04. The maximum atomic E-state index is 12.4. The second-order valence-corrected chi connectivity index (χ2v) is 11.4. The molecule has 4 aromatic carbocycles. The summed E-state index contributed by atoms with van der Waals surface area (Å²) in [5, 5.41) is 14.7. The van der Waals surface area contributed by atoms with E-state index in [0.29, 0.717) is 18.7 Å². The number of nitrogens with one attached hydrogen (secondary N) is 1. The summed E-state index contributed by atoms with van der Waals surface area (Å²) in [5.74, 6) is -0.921. The molecule has 5 atom stereocenters.